The number of nitrogens with zero attached hydrogens (tertiary/aromatic N) is 2. The van der Waals surface area contributed by atoms with Gasteiger partial charge in [0.2, 0.25) is 11.8 Å². The van der Waals surface area contributed by atoms with Gasteiger partial charge in [0.1, 0.15) is 18.4 Å². The highest BCUT2D eigenvalue weighted by atomic mass is 19.1. The van der Waals surface area contributed by atoms with Crippen LogP contribution in [0.3, 0.4) is 0 Å². The fraction of sp³-hybridized carbons (Fsp3) is 0.267. The molecule has 3 heterocycles. The number of nitrogens with one attached hydrogen (secondary N) is 1. The predicted octanol–water partition coefficient (Wildman–Crippen LogP) is 4.60. The molecule has 0 bridgehead atoms. The predicted molar refractivity (Wildman–Crippen MR) is 140 cm³/mol. The number of aromatic nitrogens is 1. The van der Waals surface area contributed by atoms with E-state index in [0.717, 1.165) is 33.3 Å². The van der Waals surface area contributed by atoms with Gasteiger partial charge in [-0.25, -0.2) is 4.39 Å². The van der Waals surface area contributed by atoms with Crippen LogP contribution in [0.5, 0.6) is 11.5 Å². The van der Waals surface area contributed by atoms with Crippen molar-refractivity contribution in [2.45, 2.75) is 32.0 Å². The first kappa shape index (κ1) is 24.0. The third kappa shape index (κ3) is 3.97. The molecule has 0 spiro atoms. The van der Waals surface area contributed by atoms with Crippen LogP contribution in [0.2, 0.25) is 0 Å². The van der Waals surface area contributed by atoms with Crippen LogP contribution in [0.1, 0.15) is 35.3 Å². The van der Waals surface area contributed by atoms with Crippen molar-refractivity contribution in [1.82, 2.24) is 14.8 Å². The van der Waals surface area contributed by atoms with Crippen molar-refractivity contribution in [3.63, 3.8) is 0 Å². The molecule has 194 valence electrons. The van der Waals surface area contributed by atoms with E-state index in [1.165, 1.54) is 12.1 Å². The summed E-state index contributed by atoms with van der Waals surface area (Å²) in [5.74, 6) is 0.590. The number of methoxy groups -OCH3 is 1. The number of benzene rings is 3. The number of ether oxygens (including phenoxy) is 2. The lowest BCUT2D eigenvalue weighted by Gasteiger charge is -2.47. The van der Waals surface area contributed by atoms with Gasteiger partial charge in [-0.1, -0.05) is 36.4 Å². The summed E-state index contributed by atoms with van der Waals surface area (Å²) in [5.41, 5.74) is 4.50. The van der Waals surface area contributed by atoms with Gasteiger partial charge in [0, 0.05) is 29.6 Å². The molecule has 1 fully saturated rings. The Kier molecular flexibility index (Phi) is 6.02. The maximum Gasteiger partial charge on any atom is 0.246 e. The smallest absolute Gasteiger partial charge is 0.246 e. The Morgan fingerprint density at radius 3 is 2.58 bits per heavy atom. The van der Waals surface area contributed by atoms with Crippen LogP contribution >= 0.6 is 0 Å². The molecule has 0 radical (unpaired) electrons. The monoisotopic (exact) mass is 513 g/mol. The van der Waals surface area contributed by atoms with Gasteiger partial charge in [0.05, 0.1) is 19.8 Å². The Labute approximate surface area is 219 Å². The first-order chi connectivity index (χ1) is 18.5. The van der Waals surface area contributed by atoms with Gasteiger partial charge in [-0.3, -0.25) is 9.59 Å². The van der Waals surface area contributed by atoms with Crippen LogP contribution < -0.4 is 9.47 Å². The summed E-state index contributed by atoms with van der Waals surface area (Å²) in [6, 6.07) is 18.5. The number of H-pyrrole nitrogens is 1. The number of carbonyl (C=O) groups excluding carboxylic acids is 2. The number of para-hydroxylation sites is 1. The minimum atomic E-state index is -0.661. The van der Waals surface area contributed by atoms with E-state index >= 15 is 0 Å². The molecule has 6 rings (SSSR count). The van der Waals surface area contributed by atoms with E-state index < -0.39 is 12.1 Å². The van der Waals surface area contributed by atoms with Gasteiger partial charge in [-0.15, -0.1) is 0 Å². The molecule has 0 saturated carbocycles. The number of hydrogen-bond acceptors (Lipinski definition) is 4. The number of hydrogen-bond donors (Lipinski definition) is 1. The molecule has 2 amide bonds. The Morgan fingerprint density at radius 1 is 1.03 bits per heavy atom. The number of carbonyl (C=O) groups is 2. The van der Waals surface area contributed by atoms with Crippen molar-refractivity contribution >= 4 is 22.7 Å². The lowest BCUT2D eigenvalue weighted by Crippen LogP contribution is -2.62. The molecule has 2 unspecified atom stereocenters. The molecule has 3 aromatic carbocycles. The SMILES string of the molecule is CCOc1ccc(C2c3[nH]c4ccccc4c3CC3C(=O)N(Cc4ccc(F)cc4)CC(=O)N32)cc1OC. The lowest BCUT2D eigenvalue weighted by atomic mass is 9.86. The van der Waals surface area contributed by atoms with E-state index in [9.17, 15) is 14.0 Å². The van der Waals surface area contributed by atoms with Crippen LogP contribution in [0.4, 0.5) is 4.39 Å². The lowest BCUT2D eigenvalue weighted by molar-refractivity contribution is -0.159. The second kappa shape index (κ2) is 9.52. The van der Waals surface area contributed by atoms with Crippen molar-refractivity contribution < 1.29 is 23.5 Å². The van der Waals surface area contributed by atoms with Crippen molar-refractivity contribution in [3.8, 4) is 11.5 Å². The van der Waals surface area contributed by atoms with Gasteiger partial charge in [0.15, 0.2) is 11.5 Å². The third-order valence-electron chi connectivity index (χ3n) is 7.43. The highest BCUT2D eigenvalue weighted by Crippen LogP contribution is 2.44. The number of halogens is 1. The standard InChI is InChI=1S/C30H28FN3O4/c1-3-38-25-13-10-19(14-26(25)37-2)29-28-22(21-6-4-5-7-23(21)32-28)15-24-30(36)33(17-27(35)34(24)29)16-18-8-11-20(31)12-9-18/h4-14,24,29,32H,3,15-17H2,1-2H3. The minimum absolute atomic E-state index is 0.0487. The number of piperazine rings is 1. The zero-order valence-corrected chi connectivity index (χ0v) is 21.2. The topological polar surface area (TPSA) is 74.9 Å². The van der Waals surface area contributed by atoms with Crippen LogP contribution in [0, 0.1) is 5.82 Å². The van der Waals surface area contributed by atoms with E-state index in [0.29, 0.717) is 24.5 Å². The summed E-state index contributed by atoms with van der Waals surface area (Å²) in [5, 5.41) is 1.04. The van der Waals surface area contributed by atoms with Crippen molar-refractivity contribution in [3.05, 3.63) is 94.9 Å². The summed E-state index contributed by atoms with van der Waals surface area (Å²) in [4.78, 5) is 34.5. The number of rotatable bonds is 6. The van der Waals surface area contributed by atoms with E-state index in [4.69, 9.17) is 9.47 Å². The van der Waals surface area contributed by atoms with Crippen LogP contribution in [0.25, 0.3) is 10.9 Å². The van der Waals surface area contributed by atoms with Crippen LogP contribution in [-0.2, 0) is 22.6 Å². The normalized spacial score (nSPS) is 18.9. The molecular formula is C30H28FN3O4. The molecule has 38 heavy (non-hydrogen) atoms. The van der Waals surface area contributed by atoms with Gasteiger partial charge in [-0.05, 0) is 53.9 Å². The maximum atomic E-state index is 13.9. The fourth-order valence-electron chi connectivity index (χ4n) is 5.74. The Bertz CT molecular complexity index is 1530. The molecule has 4 aromatic rings. The Balaban J connectivity index is 1.45. The second-order valence-electron chi connectivity index (χ2n) is 9.65. The Morgan fingerprint density at radius 2 is 1.82 bits per heavy atom. The molecule has 2 aliphatic heterocycles. The number of fused-ring (bicyclic) bond motifs is 4. The van der Waals surface area contributed by atoms with E-state index in [2.05, 4.69) is 4.98 Å². The van der Waals surface area contributed by atoms with Crippen LogP contribution in [-0.4, -0.2) is 52.9 Å². The molecule has 7 nitrogen and oxygen atoms in total. The highest BCUT2D eigenvalue weighted by Gasteiger charge is 2.48. The highest BCUT2D eigenvalue weighted by molar-refractivity contribution is 5.97. The first-order valence-electron chi connectivity index (χ1n) is 12.7. The third-order valence-corrected chi connectivity index (χ3v) is 7.43. The van der Waals surface area contributed by atoms with Crippen molar-refractivity contribution in [2.75, 3.05) is 20.3 Å². The van der Waals surface area contributed by atoms with Crippen LogP contribution in [0.15, 0.2) is 66.7 Å². The first-order valence-corrected chi connectivity index (χ1v) is 12.7. The molecule has 0 aliphatic carbocycles. The molecular weight excluding hydrogens is 485 g/mol. The summed E-state index contributed by atoms with van der Waals surface area (Å²) in [6.07, 6.45) is 0.411. The van der Waals surface area contributed by atoms with Gasteiger partial charge < -0.3 is 24.3 Å². The maximum absolute atomic E-state index is 13.9. The molecule has 2 atom stereocenters. The average molecular weight is 514 g/mol. The number of amides is 2. The summed E-state index contributed by atoms with van der Waals surface area (Å²) in [6.45, 7) is 2.60. The molecule has 1 N–H and O–H groups in total. The zero-order chi connectivity index (χ0) is 26.4. The van der Waals surface area contributed by atoms with Crippen molar-refractivity contribution in [1.29, 1.82) is 0 Å². The van der Waals surface area contributed by atoms with Gasteiger partial charge in [-0.2, -0.15) is 0 Å². The van der Waals surface area contributed by atoms with E-state index in [-0.39, 0.29) is 30.7 Å². The molecule has 2 aliphatic rings. The second-order valence-corrected chi connectivity index (χ2v) is 9.65. The minimum Gasteiger partial charge on any atom is -0.493 e. The van der Waals surface area contributed by atoms with Crippen molar-refractivity contribution in [2.24, 2.45) is 0 Å². The largest absolute Gasteiger partial charge is 0.493 e. The van der Waals surface area contributed by atoms with Gasteiger partial charge in [0.25, 0.3) is 0 Å². The average Bonchev–Trinajstić information content (AvgIpc) is 3.30. The number of aromatic amines is 1. The quantitative estimate of drug-likeness (QED) is 0.409. The molecule has 1 aromatic heterocycles. The fourth-order valence-corrected chi connectivity index (χ4v) is 5.74. The van der Waals surface area contributed by atoms with E-state index in [1.807, 2.05) is 49.4 Å². The van der Waals surface area contributed by atoms with E-state index in [1.54, 1.807) is 29.0 Å². The summed E-state index contributed by atoms with van der Waals surface area (Å²) < 4.78 is 24.8. The molecule has 8 heteroatoms. The Hall–Kier alpha value is -4.33. The zero-order valence-electron chi connectivity index (χ0n) is 21.2. The summed E-state index contributed by atoms with van der Waals surface area (Å²) >= 11 is 0. The molecule has 1 saturated heterocycles. The van der Waals surface area contributed by atoms with Gasteiger partial charge >= 0.3 is 0 Å². The summed E-state index contributed by atoms with van der Waals surface area (Å²) in [7, 11) is 1.59.